The summed E-state index contributed by atoms with van der Waals surface area (Å²) in [5.41, 5.74) is 1.60. The van der Waals surface area contributed by atoms with Crippen LogP contribution in [0, 0.1) is 5.82 Å². The molecule has 1 aliphatic heterocycles. The van der Waals surface area contributed by atoms with Crippen LogP contribution < -0.4 is 5.32 Å². The molecule has 0 saturated heterocycles. The van der Waals surface area contributed by atoms with Gasteiger partial charge >= 0.3 is 11.9 Å². The van der Waals surface area contributed by atoms with Crippen molar-refractivity contribution in [2.75, 3.05) is 14.2 Å². The van der Waals surface area contributed by atoms with E-state index in [2.05, 4.69) is 5.32 Å². The zero-order valence-electron chi connectivity index (χ0n) is 13.4. The van der Waals surface area contributed by atoms with E-state index >= 15 is 0 Å². The first-order valence-corrected chi connectivity index (χ1v) is 7.02. The summed E-state index contributed by atoms with van der Waals surface area (Å²) in [4.78, 5) is 24.4. The molecule has 1 N–H and O–H groups in total. The van der Waals surface area contributed by atoms with Crippen LogP contribution in [-0.2, 0) is 19.1 Å². The van der Waals surface area contributed by atoms with Crippen molar-refractivity contribution in [1.29, 1.82) is 0 Å². The van der Waals surface area contributed by atoms with Crippen molar-refractivity contribution < 1.29 is 23.5 Å². The van der Waals surface area contributed by atoms with Crippen LogP contribution in [0.15, 0.2) is 46.8 Å². The summed E-state index contributed by atoms with van der Waals surface area (Å²) in [6, 6.07) is 6.02. The molecule has 0 bridgehead atoms. The Morgan fingerprint density at radius 1 is 1.00 bits per heavy atom. The van der Waals surface area contributed by atoms with E-state index in [1.54, 1.807) is 26.0 Å². The summed E-state index contributed by atoms with van der Waals surface area (Å²) in [6.07, 6.45) is 0. The number of hydrogen-bond donors (Lipinski definition) is 1. The van der Waals surface area contributed by atoms with Crippen molar-refractivity contribution in [3.63, 3.8) is 0 Å². The number of nitrogens with one attached hydrogen (secondary N) is 1. The van der Waals surface area contributed by atoms with Crippen LogP contribution in [0.2, 0.25) is 0 Å². The molecule has 0 saturated carbocycles. The minimum atomic E-state index is -0.891. The normalized spacial score (nSPS) is 15.3. The number of rotatable bonds is 3. The van der Waals surface area contributed by atoms with Crippen LogP contribution in [0.1, 0.15) is 25.3 Å². The molecule has 5 nitrogen and oxygen atoms in total. The third-order valence-corrected chi connectivity index (χ3v) is 3.79. The Morgan fingerprint density at radius 2 is 1.48 bits per heavy atom. The number of esters is 2. The van der Waals surface area contributed by atoms with Crippen molar-refractivity contribution >= 4 is 11.9 Å². The Bertz CT molecular complexity index is 683. The van der Waals surface area contributed by atoms with E-state index in [1.165, 1.54) is 26.4 Å². The molecule has 122 valence electrons. The lowest BCUT2D eigenvalue weighted by Crippen LogP contribution is -2.32. The molecule has 0 amide bonds. The summed E-state index contributed by atoms with van der Waals surface area (Å²) in [6.45, 7) is 3.36. The highest BCUT2D eigenvalue weighted by Crippen LogP contribution is 2.39. The Kier molecular flexibility index (Phi) is 4.83. The van der Waals surface area contributed by atoms with Crippen LogP contribution in [0.3, 0.4) is 0 Å². The quantitative estimate of drug-likeness (QED) is 0.867. The first kappa shape index (κ1) is 16.7. The van der Waals surface area contributed by atoms with Crippen LogP contribution in [0.25, 0.3) is 0 Å². The lowest BCUT2D eigenvalue weighted by atomic mass is 9.80. The summed E-state index contributed by atoms with van der Waals surface area (Å²) >= 11 is 0. The number of carbonyl (C=O) groups is 2. The standard InChI is InChI=1S/C17H18FNO4/c1-9-13(16(20)22-3)15(11-7-5-6-8-12(11)18)14(10(2)19-9)17(21)23-4/h5-8,15,19H,1-4H3/i18-1. The van der Waals surface area contributed by atoms with Crippen LogP contribution in [-0.4, -0.2) is 26.2 Å². The zero-order valence-corrected chi connectivity index (χ0v) is 13.4. The maximum Gasteiger partial charge on any atom is 0.336 e. The maximum absolute atomic E-state index is 14.3. The molecule has 0 aromatic heterocycles. The predicted octanol–water partition coefficient (Wildman–Crippen LogP) is 2.41. The molecule has 1 heterocycles. The van der Waals surface area contributed by atoms with Crippen LogP contribution >= 0.6 is 0 Å². The molecule has 0 unspecified atom stereocenters. The molecular formula is C17H18FNO4. The molecule has 2 rings (SSSR count). The first-order chi connectivity index (χ1) is 10.9. The summed E-state index contributed by atoms with van der Waals surface area (Å²) < 4.78 is 24.0. The number of hydrogen-bond acceptors (Lipinski definition) is 5. The highest BCUT2D eigenvalue weighted by atomic mass is 18.2. The van der Waals surface area contributed by atoms with Crippen LogP contribution in [0.5, 0.6) is 0 Å². The largest absolute Gasteiger partial charge is 0.466 e. The SMILES string of the molecule is COC(=O)C1=C(C)NC(C)=C(C(=O)OC)C1c1ccccc1[18F]. The summed E-state index contributed by atoms with van der Waals surface area (Å²) in [5, 5.41) is 2.96. The lowest BCUT2D eigenvalue weighted by Gasteiger charge is -2.30. The monoisotopic (exact) mass is 318 g/mol. The topological polar surface area (TPSA) is 64.6 Å². The fraction of sp³-hybridized carbons (Fsp3) is 0.294. The molecular weight excluding hydrogens is 300 g/mol. The molecule has 0 spiro atoms. The minimum Gasteiger partial charge on any atom is -0.466 e. The van der Waals surface area contributed by atoms with Crippen molar-refractivity contribution in [3.05, 3.63) is 58.2 Å². The highest BCUT2D eigenvalue weighted by Gasteiger charge is 2.38. The van der Waals surface area contributed by atoms with E-state index in [0.717, 1.165) is 0 Å². The van der Waals surface area contributed by atoms with E-state index in [1.807, 2.05) is 0 Å². The van der Waals surface area contributed by atoms with Crippen molar-refractivity contribution in [1.82, 2.24) is 5.32 Å². The Balaban J connectivity index is 2.73. The van der Waals surface area contributed by atoms with E-state index in [4.69, 9.17) is 9.47 Å². The average Bonchev–Trinajstić information content (AvgIpc) is 2.53. The number of benzene rings is 1. The van der Waals surface area contributed by atoms with E-state index < -0.39 is 23.7 Å². The zero-order chi connectivity index (χ0) is 17.1. The first-order valence-electron chi connectivity index (χ1n) is 7.02. The van der Waals surface area contributed by atoms with Gasteiger partial charge in [-0.2, -0.15) is 0 Å². The predicted molar refractivity (Wildman–Crippen MR) is 81.7 cm³/mol. The second-order valence-electron chi connectivity index (χ2n) is 5.14. The van der Waals surface area contributed by atoms with Crippen molar-refractivity contribution in [2.24, 2.45) is 0 Å². The minimum absolute atomic E-state index is 0.184. The van der Waals surface area contributed by atoms with Gasteiger partial charge in [0.15, 0.2) is 0 Å². The fourth-order valence-corrected chi connectivity index (χ4v) is 2.78. The van der Waals surface area contributed by atoms with E-state index in [9.17, 15) is 14.0 Å². The molecule has 1 aromatic carbocycles. The Morgan fingerprint density at radius 3 is 1.91 bits per heavy atom. The van der Waals surface area contributed by atoms with Gasteiger partial charge in [0.2, 0.25) is 0 Å². The lowest BCUT2D eigenvalue weighted by molar-refractivity contribution is -0.137. The van der Waals surface area contributed by atoms with Crippen molar-refractivity contribution in [2.45, 2.75) is 19.8 Å². The number of allylic oxidation sites excluding steroid dienone is 2. The van der Waals surface area contributed by atoms with Crippen molar-refractivity contribution in [3.8, 4) is 0 Å². The molecule has 6 heteroatoms. The Labute approximate surface area is 133 Å². The smallest absolute Gasteiger partial charge is 0.336 e. The number of methoxy groups -OCH3 is 2. The molecule has 23 heavy (non-hydrogen) atoms. The van der Waals surface area contributed by atoms with Gasteiger partial charge in [-0.25, -0.2) is 14.0 Å². The van der Waals surface area contributed by atoms with Gasteiger partial charge < -0.3 is 14.8 Å². The van der Waals surface area contributed by atoms with Gasteiger partial charge in [-0.05, 0) is 19.9 Å². The molecule has 0 atom stereocenters. The third kappa shape index (κ3) is 2.97. The number of ether oxygens (including phenoxy) is 2. The second kappa shape index (κ2) is 6.64. The van der Waals surface area contributed by atoms with E-state index in [-0.39, 0.29) is 16.7 Å². The number of carbonyl (C=O) groups excluding carboxylic acids is 2. The molecule has 0 radical (unpaired) electrons. The van der Waals surface area contributed by atoms with Gasteiger partial charge in [0.05, 0.1) is 31.3 Å². The van der Waals surface area contributed by atoms with Gasteiger partial charge in [-0.3, -0.25) is 0 Å². The third-order valence-electron chi connectivity index (χ3n) is 3.79. The van der Waals surface area contributed by atoms with Gasteiger partial charge in [0.25, 0.3) is 0 Å². The summed E-state index contributed by atoms with van der Waals surface area (Å²) in [5.74, 6) is -2.66. The second-order valence-corrected chi connectivity index (χ2v) is 5.14. The number of halogens is 1. The van der Waals surface area contributed by atoms with Gasteiger partial charge in [0.1, 0.15) is 5.82 Å². The van der Waals surface area contributed by atoms with Crippen LogP contribution in [0.4, 0.5) is 4.39 Å². The molecule has 1 aromatic rings. The average molecular weight is 318 g/mol. The van der Waals surface area contributed by atoms with Gasteiger partial charge in [0, 0.05) is 17.0 Å². The molecule has 0 aliphatic carbocycles. The van der Waals surface area contributed by atoms with Gasteiger partial charge in [-0.1, -0.05) is 18.2 Å². The maximum atomic E-state index is 14.3. The number of dihydropyridines is 1. The highest BCUT2D eigenvalue weighted by molar-refractivity contribution is 5.99. The van der Waals surface area contributed by atoms with Gasteiger partial charge in [-0.15, -0.1) is 0 Å². The Hall–Kier alpha value is -2.63. The van der Waals surface area contributed by atoms with E-state index in [0.29, 0.717) is 11.4 Å². The molecule has 1 aliphatic rings. The fourth-order valence-electron chi connectivity index (χ4n) is 2.78. The summed E-state index contributed by atoms with van der Waals surface area (Å²) in [7, 11) is 2.48. The molecule has 0 fully saturated rings.